The van der Waals surface area contributed by atoms with E-state index in [1.807, 2.05) is 24.1 Å². The maximum atomic E-state index is 5.96. The van der Waals surface area contributed by atoms with E-state index < -0.39 is 0 Å². The summed E-state index contributed by atoms with van der Waals surface area (Å²) in [6.45, 7) is 1.50. The highest BCUT2D eigenvalue weighted by molar-refractivity contribution is 6.34. The zero-order valence-corrected chi connectivity index (χ0v) is 11.9. The van der Waals surface area contributed by atoms with Crippen LogP contribution in [-0.4, -0.2) is 22.1 Å². The quantitative estimate of drug-likeness (QED) is 0.919. The number of halogens is 2. The summed E-state index contributed by atoms with van der Waals surface area (Å²) < 4.78 is 4.95. The van der Waals surface area contributed by atoms with Crippen LogP contribution in [0.2, 0.25) is 10.0 Å². The van der Waals surface area contributed by atoms with Crippen LogP contribution in [0.1, 0.15) is 17.3 Å². The molecule has 0 atom stereocenters. The molecule has 5 nitrogen and oxygen atoms in total. The van der Waals surface area contributed by atoms with Gasteiger partial charge in [-0.25, -0.2) is 0 Å². The molecule has 0 spiro atoms. The van der Waals surface area contributed by atoms with Crippen LogP contribution < -0.4 is 5.73 Å². The second-order valence-electron chi connectivity index (χ2n) is 4.26. The van der Waals surface area contributed by atoms with Crippen LogP contribution >= 0.6 is 23.2 Å². The Bertz CT molecular complexity index is 538. The molecule has 0 aliphatic carbocycles. The van der Waals surface area contributed by atoms with Gasteiger partial charge in [-0.3, -0.25) is 4.90 Å². The Hall–Kier alpha value is -1.14. The van der Waals surface area contributed by atoms with E-state index in [0.29, 0.717) is 34.8 Å². The van der Waals surface area contributed by atoms with Crippen molar-refractivity contribution in [2.75, 3.05) is 7.05 Å². The third kappa shape index (κ3) is 4.18. The van der Waals surface area contributed by atoms with Crippen molar-refractivity contribution in [2.24, 2.45) is 5.73 Å². The molecule has 0 amide bonds. The Balaban J connectivity index is 1.98. The van der Waals surface area contributed by atoms with E-state index in [2.05, 4.69) is 10.1 Å². The molecule has 2 N–H and O–H groups in total. The molecule has 0 aliphatic heterocycles. The van der Waals surface area contributed by atoms with Crippen molar-refractivity contribution in [3.63, 3.8) is 0 Å². The van der Waals surface area contributed by atoms with Gasteiger partial charge in [-0.1, -0.05) is 28.4 Å². The number of rotatable bonds is 5. The molecule has 0 saturated carbocycles. The topological polar surface area (TPSA) is 68.2 Å². The van der Waals surface area contributed by atoms with Crippen molar-refractivity contribution in [3.05, 3.63) is 45.5 Å². The van der Waals surface area contributed by atoms with Crippen molar-refractivity contribution in [2.45, 2.75) is 19.6 Å². The first-order valence-corrected chi connectivity index (χ1v) is 6.47. The highest BCUT2D eigenvalue weighted by Gasteiger charge is 2.09. The summed E-state index contributed by atoms with van der Waals surface area (Å²) in [5.74, 6) is 1.05. The van der Waals surface area contributed by atoms with E-state index in [1.165, 1.54) is 0 Å². The molecular weight excluding hydrogens is 287 g/mol. The SMILES string of the molecule is CN(Cc1cc(Cl)cc(Cl)c1)Cc1noc(CN)n1. The minimum atomic E-state index is 0.251. The van der Waals surface area contributed by atoms with E-state index in [4.69, 9.17) is 33.5 Å². The molecule has 7 heteroatoms. The van der Waals surface area contributed by atoms with Crippen LogP contribution in [0.25, 0.3) is 0 Å². The van der Waals surface area contributed by atoms with Crippen molar-refractivity contribution in [1.29, 1.82) is 0 Å². The molecule has 102 valence electrons. The minimum Gasteiger partial charge on any atom is -0.338 e. The summed E-state index contributed by atoms with van der Waals surface area (Å²) in [4.78, 5) is 6.18. The summed E-state index contributed by atoms with van der Waals surface area (Å²) in [5, 5.41) is 5.10. The minimum absolute atomic E-state index is 0.251. The first-order valence-electron chi connectivity index (χ1n) is 5.72. The van der Waals surface area contributed by atoms with Gasteiger partial charge in [-0.2, -0.15) is 4.98 Å². The molecule has 0 bridgehead atoms. The zero-order chi connectivity index (χ0) is 13.8. The van der Waals surface area contributed by atoms with Crippen LogP contribution in [0.4, 0.5) is 0 Å². The Labute approximate surface area is 121 Å². The average molecular weight is 301 g/mol. The van der Waals surface area contributed by atoms with E-state index in [9.17, 15) is 0 Å². The van der Waals surface area contributed by atoms with Crippen LogP contribution in [0.5, 0.6) is 0 Å². The van der Waals surface area contributed by atoms with Gasteiger partial charge in [0.2, 0.25) is 5.89 Å². The normalized spacial score (nSPS) is 11.2. The van der Waals surface area contributed by atoms with Gasteiger partial charge in [0.1, 0.15) is 0 Å². The molecule has 0 aliphatic rings. The summed E-state index contributed by atoms with van der Waals surface area (Å²) in [7, 11) is 1.95. The maximum Gasteiger partial charge on any atom is 0.240 e. The van der Waals surface area contributed by atoms with Crippen LogP contribution in [-0.2, 0) is 19.6 Å². The molecule has 0 fully saturated rings. The second-order valence-corrected chi connectivity index (χ2v) is 5.13. The molecule has 1 heterocycles. The largest absolute Gasteiger partial charge is 0.338 e. The van der Waals surface area contributed by atoms with Crippen LogP contribution in [0.15, 0.2) is 22.7 Å². The molecule has 0 unspecified atom stereocenters. The Kier molecular flexibility index (Phi) is 4.76. The highest BCUT2D eigenvalue weighted by atomic mass is 35.5. The average Bonchev–Trinajstić information content (AvgIpc) is 2.74. The molecule has 0 saturated heterocycles. The molecule has 2 rings (SSSR count). The van der Waals surface area contributed by atoms with Gasteiger partial charge in [-0.05, 0) is 30.8 Å². The third-order valence-corrected chi connectivity index (χ3v) is 2.91. The fourth-order valence-corrected chi connectivity index (χ4v) is 2.32. The zero-order valence-electron chi connectivity index (χ0n) is 10.4. The van der Waals surface area contributed by atoms with Gasteiger partial charge in [0, 0.05) is 16.6 Å². The lowest BCUT2D eigenvalue weighted by Gasteiger charge is -2.14. The Morgan fingerprint density at radius 1 is 1.21 bits per heavy atom. The number of benzene rings is 1. The fraction of sp³-hybridized carbons (Fsp3) is 0.333. The standard InChI is InChI=1S/C12H14Cl2N4O/c1-18(7-11-16-12(5-15)19-17-11)6-8-2-9(13)4-10(14)3-8/h2-4H,5-7,15H2,1H3. The van der Waals surface area contributed by atoms with E-state index in [1.54, 1.807) is 6.07 Å². The van der Waals surface area contributed by atoms with Crippen molar-refractivity contribution < 1.29 is 4.52 Å². The van der Waals surface area contributed by atoms with Gasteiger partial charge in [-0.15, -0.1) is 0 Å². The predicted octanol–water partition coefficient (Wildman–Crippen LogP) is 2.47. The van der Waals surface area contributed by atoms with Crippen LogP contribution in [0, 0.1) is 0 Å². The number of hydrogen-bond acceptors (Lipinski definition) is 5. The lowest BCUT2D eigenvalue weighted by molar-refractivity contribution is 0.300. The number of nitrogens with zero attached hydrogens (tertiary/aromatic N) is 3. The molecular formula is C12H14Cl2N4O. The van der Waals surface area contributed by atoms with Crippen molar-refractivity contribution in [3.8, 4) is 0 Å². The maximum absolute atomic E-state index is 5.96. The third-order valence-electron chi connectivity index (χ3n) is 2.47. The van der Waals surface area contributed by atoms with Crippen molar-refractivity contribution in [1.82, 2.24) is 15.0 Å². The molecule has 1 aromatic carbocycles. The number of nitrogens with two attached hydrogens (primary N) is 1. The van der Waals surface area contributed by atoms with Gasteiger partial charge < -0.3 is 10.3 Å². The van der Waals surface area contributed by atoms with Gasteiger partial charge in [0.25, 0.3) is 0 Å². The lowest BCUT2D eigenvalue weighted by atomic mass is 10.2. The summed E-state index contributed by atoms with van der Waals surface area (Å²) in [6.07, 6.45) is 0. The highest BCUT2D eigenvalue weighted by Crippen LogP contribution is 2.20. The summed E-state index contributed by atoms with van der Waals surface area (Å²) >= 11 is 11.9. The van der Waals surface area contributed by atoms with Gasteiger partial charge in [0.05, 0.1) is 13.1 Å². The monoisotopic (exact) mass is 300 g/mol. The van der Waals surface area contributed by atoms with Gasteiger partial charge >= 0.3 is 0 Å². The van der Waals surface area contributed by atoms with E-state index >= 15 is 0 Å². The summed E-state index contributed by atoms with van der Waals surface area (Å²) in [5.41, 5.74) is 6.44. The Morgan fingerprint density at radius 3 is 2.47 bits per heavy atom. The molecule has 1 aromatic heterocycles. The lowest BCUT2D eigenvalue weighted by Crippen LogP contribution is -2.18. The predicted molar refractivity (Wildman–Crippen MR) is 73.8 cm³/mol. The molecule has 2 aromatic rings. The fourth-order valence-electron chi connectivity index (χ4n) is 1.75. The van der Waals surface area contributed by atoms with Crippen LogP contribution in [0.3, 0.4) is 0 Å². The summed E-state index contributed by atoms with van der Waals surface area (Å²) in [6, 6.07) is 5.47. The second kappa shape index (κ2) is 6.34. The first kappa shape index (κ1) is 14.3. The molecule has 19 heavy (non-hydrogen) atoms. The smallest absolute Gasteiger partial charge is 0.240 e. The van der Waals surface area contributed by atoms with Gasteiger partial charge in [0.15, 0.2) is 5.82 Å². The number of hydrogen-bond donors (Lipinski definition) is 1. The number of aromatic nitrogens is 2. The first-order chi connectivity index (χ1) is 9.06. The molecule has 0 radical (unpaired) electrons. The van der Waals surface area contributed by atoms with E-state index in [0.717, 1.165) is 5.56 Å². The van der Waals surface area contributed by atoms with E-state index in [-0.39, 0.29) is 6.54 Å². The van der Waals surface area contributed by atoms with Crippen molar-refractivity contribution >= 4 is 23.2 Å². The Morgan fingerprint density at radius 2 is 1.89 bits per heavy atom.